The number of benzene rings is 1. The van der Waals surface area contributed by atoms with Crippen LogP contribution in [0.2, 0.25) is 0 Å². The third kappa shape index (κ3) is 2.84. The largest absolute Gasteiger partial charge is 0.438 e. The highest BCUT2D eigenvalue weighted by Gasteiger charge is 2.09. The lowest BCUT2D eigenvalue weighted by Gasteiger charge is -2.07. The number of rotatable bonds is 3. The maximum Gasteiger partial charge on any atom is 0.276 e. The summed E-state index contributed by atoms with van der Waals surface area (Å²) < 4.78 is 6.46. The van der Waals surface area contributed by atoms with Crippen molar-refractivity contribution >= 4 is 21.6 Å². The van der Waals surface area contributed by atoms with Crippen LogP contribution in [0.3, 0.4) is 0 Å². The summed E-state index contributed by atoms with van der Waals surface area (Å²) in [5, 5.41) is 10.6. The van der Waals surface area contributed by atoms with E-state index in [4.69, 9.17) is 4.74 Å². The van der Waals surface area contributed by atoms with Gasteiger partial charge < -0.3 is 4.74 Å². The number of aryl methyl sites for hydroxylation is 1. The van der Waals surface area contributed by atoms with Gasteiger partial charge in [-0.2, -0.15) is 0 Å². The summed E-state index contributed by atoms with van der Waals surface area (Å²) in [7, 11) is 0. The number of hydrogen-bond donors (Lipinski definition) is 0. The topological polar surface area (TPSA) is 65.3 Å². The van der Waals surface area contributed by atoms with Gasteiger partial charge in [-0.25, -0.2) is 4.98 Å². The van der Waals surface area contributed by atoms with Crippen molar-refractivity contribution in [1.29, 1.82) is 0 Å². The van der Waals surface area contributed by atoms with Crippen LogP contribution >= 0.6 is 15.9 Å². The predicted molar refractivity (Wildman–Crippen MR) is 69.8 cm³/mol. The fourth-order valence-electron chi connectivity index (χ4n) is 1.41. The van der Waals surface area contributed by atoms with Crippen LogP contribution in [0.5, 0.6) is 11.6 Å². The molecule has 0 unspecified atom stereocenters. The Morgan fingerprint density at radius 3 is 2.78 bits per heavy atom. The van der Waals surface area contributed by atoms with Gasteiger partial charge in [-0.3, -0.25) is 10.1 Å². The number of hydrogen-bond acceptors (Lipinski definition) is 4. The molecule has 0 aliphatic heterocycles. The molecule has 0 saturated heterocycles. The van der Waals surface area contributed by atoms with Crippen molar-refractivity contribution in [3.63, 3.8) is 0 Å². The molecule has 1 aromatic heterocycles. The molecule has 0 amide bonds. The third-order valence-electron chi connectivity index (χ3n) is 2.28. The summed E-state index contributed by atoms with van der Waals surface area (Å²) in [5.74, 6) is 0.820. The zero-order chi connectivity index (χ0) is 13.1. The van der Waals surface area contributed by atoms with E-state index in [9.17, 15) is 10.1 Å². The number of nitro groups is 1. The molecule has 5 nitrogen and oxygen atoms in total. The second-order valence-corrected chi connectivity index (χ2v) is 4.54. The number of nitrogens with zero attached hydrogens (tertiary/aromatic N) is 2. The van der Waals surface area contributed by atoms with Crippen LogP contribution in [0.25, 0.3) is 0 Å². The molecule has 6 heteroatoms. The number of halogens is 1. The molecule has 0 spiro atoms. The van der Waals surface area contributed by atoms with E-state index in [2.05, 4.69) is 20.9 Å². The monoisotopic (exact) mass is 308 g/mol. The fraction of sp³-hybridized carbons (Fsp3) is 0.0833. The maximum absolute atomic E-state index is 10.6. The minimum absolute atomic E-state index is 0.0465. The number of ether oxygens (including phenoxy) is 1. The molecule has 0 fully saturated rings. The SMILES string of the molecule is Cc1cc(Br)ccc1Oc1cc([N+](=O)[O-])ccn1. The summed E-state index contributed by atoms with van der Waals surface area (Å²) in [6, 6.07) is 8.12. The van der Waals surface area contributed by atoms with Gasteiger partial charge in [0.15, 0.2) is 0 Å². The molecule has 2 aromatic rings. The van der Waals surface area contributed by atoms with Crippen LogP contribution in [0, 0.1) is 17.0 Å². The van der Waals surface area contributed by atoms with Gasteiger partial charge >= 0.3 is 0 Å². The smallest absolute Gasteiger partial charge is 0.276 e. The van der Waals surface area contributed by atoms with Crippen molar-refractivity contribution in [3.05, 3.63) is 56.7 Å². The summed E-state index contributed by atoms with van der Waals surface area (Å²) >= 11 is 3.35. The minimum atomic E-state index is -0.483. The lowest BCUT2D eigenvalue weighted by molar-refractivity contribution is -0.385. The van der Waals surface area contributed by atoms with Crippen LogP contribution in [-0.4, -0.2) is 9.91 Å². The van der Waals surface area contributed by atoms with E-state index in [1.165, 1.54) is 18.3 Å². The molecule has 1 heterocycles. The second kappa shape index (κ2) is 5.14. The van der Waals surface area contributed by atoms with Crippen LogP contribution < -0.4 is 4.74 Å². The molecule has 0 saturated carbocycles. The molecule has 0 radical (unpaired) electrons. The van der Waals surface area contributed by atoms with Crippen molar-refractivity contribution in [2.45, 2.75) is 6.92 Å². The van der Waals surface area contributed by atoms with E-state index in [-0.39, 0.29) is 11.6 Å². The van der Waals surface area contributed by atoms with E-state index in [0.717, 1.165) is 10.0 Å². The normalized spacial score (nSPS) is 10.1. The van der Waals surface area contributed by atoms with Gasteiger partial charge in [0.05, 0.1) is 11.0 Å². The van der Waals surface area contributed by atoms with Crippen LogP contribution in [-0.2, 0) is 0 Å². The molecule has 18 heavy (non-hydrogen) atoms. The molecule has 92 valence electrons. The Labute approximate surface area is 112 Å². The molecule has 1 aromatic carbocycles. The van der Waals surface area contributed by atoms with Crippen LogP contribution in [0.15, 0.2) is 41.0 Å². The van der Waals surface area contributed by atoms with E-state index in [1.807, 2.05) is 19.1 Å². The standard InChI is InChI=1S/C12H9BrN2O3/c1-8-6-9(13)2-3-11(8)18-12-7-10(15(16)17)4-5-14-12/h2-7H,1H3. The van der Waals surface area contributed by atoms with Gasteiger partial charge in [-0.15, -0.1) is 0 Å². The Hall–Kier alpha value is -1.95. The summed E-state index contributed by atoms with van der Waals surface area (Å²) in [6.45, 7) is 1.89. The molecule has 0 bridgehead atoms. The first-order chi connectivity index (χ1) is 8.56. The molecular weight excluding hydrogens is 300 g/mol. The zero-order valence-corrected chi connectivity index (χ0v) is 11.0. The number of aromatic nitrogens is 1. The maximum atomic E-state index is 10.6. The first-order valence-electron chi connectivity index (χ1n) is 5.11. The van der Waals surface area contributed by atoms with Gasteiger partial charge in [-0.05, 0) is 30.7 Å². The predicted octanol–water partition coefficient (Wildman–Crippen LogP) is 3.85. The highest BCUT2D eigenvalue weighted by atomic mass is 79.9. The first-order valence-corrected chi connectivity index (χ1v) is 5.90. The highest BCUT2D eigenvalue weighted by Crippen LogP contribution is 2.27. The second-order valence-electron chi connectivity index (χ2n) is 3.62. The van der Waals surface area contributed by atoms with Crippen molar-refractivity contribution < 1.29 is 9.66 Å². The number of pyridine rings is 1. The molecule has 0 N–H and O–H groups in total. The van der Waals surface area contributed by atoms with E-state index in [0.29, 0.717) is 5.75 Å². The van der Waals surface area contributed by atoms with Gasteiger partial charge in [0.25, 0.3) is 5.69 Å². The lowest BCUT2D eigenvalue weighted by atomic mass is 10.2. The molecule has 0 atom stereocenters. The Kier molecular flexibility index (Phi) is 3.57. The lowest BCUT2D eigenvalue weighted by Crippen LogP contribution is -1.93. The van der Waals surface area contributed by atoms with Crippen molar-refractivity contribution in [2.24, 2.45) is 0 Å². The van der Waals surface area contributed by atoms with Gasteiger partial charge in [-0.1, -0.05) is 15.9 Å². The third-order valence-corrected chi connectivity index (χ3v) is 2.77. The van der Waals surface area contributed by atoms with Crippen LogP contribution in [0.4, 0.5) is 5.69 Å². The molecule has 2 rings (SSSR count). The van der Waals surface area contributed by atoms with Crippen molar-refractivity contribution in [2.75, 3.05) is 0 Å². The van der Waals surface area contributed by atoms with Gasteiger partial charge in [0.2, 0.25) is 5.88 Å². The van der Waals surface area contributed by atoms with Gasteiger partial charge in [0, 0.05) is 16.7 Å². The molecule has 0 aliphatic carbocycles. The Morgan fingerprint density at radius 1 is 1.33 bits per heavy atom. The molecule has 0 aliphatic rings. The van der Waals surface area contributed by atoms with Crippen molar-refractivity contribution in [1.82, 2.24) is 4.98 Å². The highest BCUT2D eigenvalue weighted by molar-refractivity contribution is 9.10. The fourth-order valence-corrected chi connectivity index (χ4v) is 1.88. The Bertz CT molecular complexity index is 602. The average Bonchev–Trinajstić information content (AvgIpc) is 2.33. The Morgan fingerprint density at radius 2 is 2.11 bits per heavy atom. The summed E-state index contributed by atoms with van der Waals surface area (Å²) in [6.07, 6.45) is 1.35. The Balaban J connectivity index is 2.28. The minimum Gasteiger partial charge on any atom is -0.438 e. The quantitative estimate of drug-likeness (QED) is 0.638. The van der Waals surface area contributed by atoms with Crippen molar-refractivity contribution in [3.8, 4) is 11.6 Å². The van der Waals surface area contributed by atoms with E-state index < -0.39 is 4.92 Å². The first kappa shape index (κ1) is 12.5. The zero-order valence-electron chi connectivity index (χ0n) is 9.46. The molecular formula is C12H9BrN2O3. The average molecular weight is 309 g/mol. The summed E-state index contributed by atoms with van der Waals surface area (Å²) in [5.41, 5.74) is 0.868. The summed E-state index contributed by atoms with van der Waals surface area (Å²) in [4.78, 5) is 14.1. The van der Waals surface area contributed by atoms with Crippen LogP contribution in [0.1, 0.15) is 5.56 Å². The van der Waals surface area contributed by atoms with E-state index >= 15 is 0 Å². The van der Waals surface area contributed by atoms with E-state index in [1.54, 1.807) is 6.07 Å². The van der Waals surface area contributed by atoms with Gasteiger partial charge in [0.1, 0.15) is 5.75 Å².